The van der Waals surface area contributed by atoms with Gasteiger partial charge in [0.2, 0.25) is 0 Å². The number of halogens is 2. The zero-order valence-electron chi connectivity index (χ0n) is 11.0. The summed E-state index contributed by atoms with van der Waals surface area (Å²) in [5.41, 5.74) is 0.335. The number of rotatable bonds is 6. The van der Waals surface area contributed by atoms with Crippen LogP contribution in [0.4, 0.5) is 0 Å². The summed E-state index contributed by atoms with van der Waals surface area (Å²) >= 11 is 11.5. The predicted octanol–water partition coefficient (Wildman–Crippen LogP) is 2.92. The molecule has 0 saturated heterocycles. The number of aliphatic hydroxyl groups is 1. The molecule has 1 unspecified atom stereocenters. The van der Waals surface area contributed by atoms with Crippen LogP contribution in [-0.4, -0.2) is 28.6 Å². The molecule has 6 heteroatoms. The number of hydrogen-bond donors (Lipinski definition) is 2. The number of carbonyl (C=O) groups excluding carboxylic acids is 1. The Morgan fingerprint density at radius 2 is 1.84 bits per heavy atom. The zero-order valence-corrected chi connectivity index (χ0v) is 12.5. The topological polar surface area (TPSA) is 62.2 Å². The van der Waals surface area contributed by atoms with Crippen molar-refractivity contribution in [3.05, 3.63) is 28.0 Å². The molecule has 1 atom stereocenters. The van der Waals surface area contributed by atoms with E-state index >= 15 is 0 Å². The Morgan fingerprint density at radius 1 is 1.32 bits per heavy atom. The van der Waals surface area contributed by atoms with Gasteiger partial charge in [-0.05, 0) is 18.1 Å². The quantitative estimate of drug-likeness (QED) is 0.794. The van der Waals surface area contributed by atoms with Gasteiger partial charge in [-0.3, -0.25) is 4.79 Å². The molecule has 0 fully saturated rings. The minimum absolute atomic E-state index is 0.165. The Morgan fingerprint density at radius 3 is 2.32 bits per heavy atom. The Bertz CT molecular complexity index is 416. The highest BCUT2D eigenvalue weighted by Gasteiger charge is 2.17. The van der Waals surface area contributed by atoms with Gasteiger partial charge in [0, 0.05) is 12.1 Å². The summed E-state index contributed by atoms with van der Waals surface area (Å²) in [5.74, 6) is -0.138. The second-order valence-corrected chi connectivity index (χ2v) is 5.13. The molecular formula is C13H18Cl2N2O2. The van der Waals surface area contributed by atoms with Crippen molar-refractivity contribution >= 4 is 29.1 Å². The van der Waals surface area contributed by atoms with E-state index in [2.05, 4.69) is 10.3 Å². The molecule has 0 aromatic carbocycles. The van der Waals surface area contributed by atoms with Crippen LogP contribution in [0.15, 0.2) is 12.1 Å². The summed E-state index contributed by atoms with van der Waals surface area (Å²) in [4.78, 5) is 15.7. The second-order valence-electron chi connectivity index (χ2n) is 4.36. The lowest BCUT2D eigenvalue weighted by atomic mass is 9.96. The van der Waals surface area contributed by atoms with Crippen molar-refractivity contribution in [2.75, 3.05) is 6.54 Å². The number of nitrogens with one attached hydrogen (secondary N) is 1. The first-order valence-corrected chi connectivity index (χ1v) is 7.02. The van der Waals surface area contributed by atoms with E-state index in [9.17, 15) is 9.90 Å². The first kappa shape index (κ1) is 16.2. The van der Waals surface area contributed by atoms with E-state index in [0.717, 1.165) is 12.8 Å². The van der Waals surface area contributed by atoms with Crippen LogP contribution in [0.2, 0.25) is 10.3 Å². The molecule has 1 heterocycles. The Kier molecular flexibility index (Phi) is 6.55. The smallest absolute Gasteiger partial charge is 0.251 e. The van der Waals surface area contributed by atoms with E-state index in [0.29, 0.717) is 5.56 Å². The third-order valence-corrected chi connectivity index (χ3v) is 3.48. The summed E-state index contributed by atoms with van der Waals surface area (Å²) < 4.78 is 0. The van der Waals surface area contributed by atoms with E-state index in [1.807, 2.05) is 13.8 Å². The summed E-state index contributed by atoms with van der Waals surface area (Å²) in [5, 5.41) is 12.9. The molecule has 0 aliphatic heterocycles. The molecule has 19 heavy (non-hydrogen) atoms. The number of aliphatic hydroxyl groups excluding tert-OH is 1. The van der Waals surface area contributed by atoms with Gasteiger partial charge in [-0.25, -0.2) is 4.98 Å². The maximum atomic E-state index is 11.9. The van der Waals surface area contributed by atoms with E-state index in [1.54, 1.807) is 0 Å². The molecule has 0 bridgehead atoms. The van der Waals surface area contributed by atoms with Crippen LogP contribution < -0.4 is 5.32 Å². The van der Waals surface area contributed by atoms with Gasteiger partial charge in [0.1, 0.15) is 10.3 Å². The largest absolute Gasteiger partial charge is 0.391 e. The van der Waals surface area contributed by atoms with Gasteiger partial charge >= 0.3 is 0 Å². The lowest BCUT2D eigenvalue weighted by Gasteiger charge is -2.20. The van der Waals surface area contributed by atoms with Crippen LogP contribution in [0.1, 0.15) is 37.0 Å². The van der Waals surface area contributed by atoms with Crippen LogP contribution in [0, 0.1) is 5.92 Å². The number of aromatic nitrogens is 1. The molecule has 1 aromatic heterocycles. The lowest BCUT2D eigenvalue weighted by Crippen LogP contribution is -2.36. The number of amides is 1. The molecule has 0 spiro atoms. The average Bonchev–Trinajstić information content (AvgIpc) is 2.36. The molecule has 1 amide bonds. The van der Waals surface area contributed by atoms with E-state index in [-0.39, 0.29) is 28.7 Å². The third-order valence-electron chi connectivity index (χ3n) is 3.09. The van der Waals surface area contributed by atoms with Crippen LogP contribution in [0.25, 0.3) is 0 Å². The highest BCUT2D eigenvalue weighted by Crippen LogP contribution is 2.15. The lowest BCUT2D eigenvalue weighted by molar-refractivity contribution is 0.0816. The van der Waals surface area contributed by atoms with Gasteiger partial charge < -0.3 is 10.4 Å². The zero-order chi connectivity index (χ0) is 14.4. The van der Waals surface area contributed by atoms with Crippen molar-refractivity contribution in [3.63, 3.8) is 0 Å². The van der Waals surface area contributed by atoms with Gasteiger partial charge in [-0.15, -0.1) is 0 Å². The number of nitrogens with zero attached hydrogens (tertiary/aromatic N) is 1. The van der Waals surface area contributed by atoms with Crippen molar-refractivity contribution < 1.29 is 9.90 Å². The van der Waals surface area contributed by atoms with Gasteiger partial charge in [0.05, 0.1) is 6.10 Å². The maximum Gasteiger partial charge on any atom is 0.251 e. The summed E-state index contributed by atoms with van der Waals surface area (Å²) in [6.45, 7) is 4.24. The summed E-state index contributed by atoms with van der Waals surface area (Å²) in [7, 11) is 0. The van der Waals surface area contributed by atoms with Crippen molar-refractivity contribution in [1.82, 2.24) is 10.3 Å². The maximum absolute atomic E-state index is 11.9. The molecule has 0 saturated carbocycles. The highest BCUT2D eigenvalue weighted by atomic mass is 35.5. The minimum atomic E-state index is -0.549. The Labute approximate surface area is 123 Å². The molecule has 1 rings (SSSR count). The number of carbonyl (C=O) groups is 1. The first-order chi connectivity index (χ1) is 8.97. The van der Waals surface area contributed by atoms with Crippen molar-refractivity contribution in [1.29, 1.82) is 0 Å². The van der Waals surface area contributed by atoms with Crippen LogP contribution in [-0.2, 0) is 0 Å². The fourth-order valence-electron chi connectivity index (χ4n) is 1.89. The highest BCUT2D eigenvalue weighted by molar-refractivity contribution is 6.33. The molecule has 0 aliphatic carbocycles. The van der Waals surface area contributed by atoms with Gasteiger partial charge in [-0.1, -0.05) is 49.9 Å². The number of pyridine rings is 1. The average molecular weight is 305 g/mol. The SMILES string of the molecule is CCC(CC)C(O)CNC(=O)c1cc(Cl)nc(Cl)c1. The molecule has 0 radical (unpaired) electrons. The molecule has 4 nitrogen and oxygen atoms in total. The van der Waals surface area contributed by atoms with Gasteiger partial charge in [0.15, 0.2) is 0 Å². The summed E-state index contributed by atoms with van der Waals surface area (Å²) in [6, 6.07) is 2.87. The van der Waals surface area contributed by atoms with Crippen molar-refractivity contribution in [2.24, 2.45) is 5.92 Å². The number of hydrogen-bond acceptors (Lipinski definition) is 3. The van der Waals surface area contributed by atoms with E-state index in [1.165, 1.54) is 12.1 Å². The molecule has 0 aliphatic rings. The van der Waals surface area contributed by atoms with Crippen LogP contribution >= 0.6 is 23.2 Å². The van der Waals surface area contributed by atoms with E-state index in [4.69, 9.17) is 23.2 Å². The summed E-state index contributed by atoms with van der Waals surface area (Å²) in [6.07, 6.45) is 1.20. The van der Waals surface area contributed by atoms with E-state index < -0.39 is 6.10 Å². The second kappa shape index (κ2) is 7.68. The van der Waals surface area contributed by atoms with Gasteiger partial charge in [0.25, 0.3) is 5.91 Å². The minimum Gasteiger partial charge on any atom is -0.391 e. The van der Waals surface area contributed by atoms with Crippen LogP contribution in [0.5, 0.6) is 0 Å². The standard InChI is InChI=1S/C13H18Cl2N2O2/c1-3-8(4-2)10(18)7-16-13(19)9-5-11(14)17-12(15)6-9/h5-6,8,10,18H,3-4,7H2,1-2H3,(H,16,19). The molecular weight excluding hydrogens is 287 g/mol. The molecule has 106 valence electrons. The molecule has 2 N–H and O–H groups in total. The Hall–Kier alpha value is -0.840. The normalized spacial score (nSPS) is 12.5. The first-order valence-electron chi connectivity index (χ1n) is 6.27. The molecule has 1 aromatic rings. The van der Waals surface area contributed by atoms with Gasteiger partial charge in [-0.2, -0.15) is 0 Å². The Balaban J connectivity index is 2.60. The van der Waals surface area contributed by atoms with Crippen molar-refractivity contribution in [2.45, 2.75) is 32.8 Å². The predicted molar refractivity (Wildman–Crippen MR) is 76.7 cm³/mol. The monoisotopic (exact) mass is 304 g/mol. The fraction of sp³-hybridized carbons (Fsp3) is 0.538. The van der Waals surface area contributed by atoms with Crippen LogP contribution in [0.3, 0.4) is 0 Å². The third kappa shape index (κ3) is 4.97. The fourth-order valence-corrected chi connectivity index (χ4v) is 2.36. The van der Waals surface area contributed by atoms with Crippen molar-refractivity contribution in [3.8, 4) is 0 Å².